The van der Waals surface area contributed by atoms with E-state index in [0.717, 1.165) is 18.2 Å². The average molecular weight is 384 g/mol. The van der Waals surface area contributed by atoms with E-state index >= 15 is 0 Å². The maximum absolute atomic E-state index is 12.5. The lowest BCUT2D eigenvalue weighted by Gasteiger charge is -2.15. The van der Waals surface area contributed by atoms with E-state index < -0.39 is 46.6 Å². The second-order valence-corrected chi connectivity index (χ2v) is 5.08. The molecule has 0 fully saturated rings. The number of carbonyl (C=O) groups is 2. The topological polar surface area (TPSA) is 152 Å². The van der Waals surface area contributed by atoms with Crippen LogP contribution in [0.2, 0.25) is 0 Å². The van der Waals surface area contributed by atoms with E-state index in [9.17, 15) is 33.4 Å². The molecule has 0 atom stereocenters. The molecule has 5 N–H and O–H groups in total. The van der Waals surface area contributed by atoms with Gasteiger partial charge in [0.25, 0.3) is 5.56 Å². The lowest BCUT2D eigenvalue weighted by atomic mass is 9.95. The number of H-pyrrole nitrogens is 1. The molecular formula is C16H14F2N2O7. The van der Waals surface area contributed by atoms with Crippen molar-refractivity contribution in [3.05, 3.63) is 39.7 Å². The van der Waals surface area contributed by atoms with Crippen molar-refractivity contribution in [2.24, 2.45) is 0 Å². The number of aromatic nitrogens is 1. The molecule has 0 aliphatic carbocycles. The average Bonchev–Trinajstić information content (AvgIpc) is 2.54. The van der Waals surface area contributed by atoms with Gasteiger partial charge in [0.05, 0.1) is 6.61 Å². The van der Waals surface area contributed by atoms with Crippen LogP contribution in [-0.2, 0) is 0 Å². The fraction of sp³-hybridized carbons (Fsp3) is 0.188. The highest BCUT2D eigenvalue weighted by atomic mass is 19.3. The number of nitrogens with two attached hydrogens (primary N) is 1. The molecule has 11 heteroatoms. The van der Waals surface area contributed by atoms with Crippen molar-refractivity contribution in [3.63, 3.8) is 0 Å². The molecule has 0 saturated carbocycles. The van der Waals surface area contributed by atoms with Gasteiger partial charge in [-0.05, 0) is 24.6 Å². The molecule has 2 rings (SSSR count). The van der Waals surface area contributed by atoms with Crippen LogP contribution in [0.3, 0.4) is 0 Å². The van der Waals surface area contributed by atoms with Gasteiger partial charge in [0.15, 0.2) is 11.5 Å². The molecule has 0 bridgehead atoms. The summed E-state index contributed by atoms with van der Waals surface area (Å²) in [4.78, 5) is 37.1. The van der Waals surface area contributed by atoms with Crippen LogP contribution in [0.25, 0.3) is 11.1 Å². The summed E-state index contributed by atoms with van der Waals surface area (Å²) in [6.45, 7) is -1.53. The zero-order valence-corrected chi connectivity index (χ0v) is 13.8. The number of hydrogen-bond donors (Lipinski definition) is 4. The first-order valence-electron chi connectivity index (χ1n) is 7.41. The maximum Gasteiger partial charge on any atom is 0.387 e. The number of ether oxygens (including phenoxy) is 2. The van der Waals surface area contributed by atoms with Crippen molar-refractivity contribution in [2.75, 3.05) is 12.3 Å². The first-order chi connectivity index (χ1) is 12.7. The zero-order chi connectivity index (χ0) is 20.3. The first kappa shape index (κ1) is 19.7. The number of benzene rings is 1. The van der Waals surface area contributed by atoms with Crippen LogP contribution < -0.4 is 20.8 Å². The van der Waals surface area contributed by atoms with Gasteiger partial charge in [-0.25, -0.2) is 9.59 Å². The highest BCUT2D eigenvalue weighted by Crippen LogP contribution is 2.36. The van der Waals surface area contributed by atoms with Crippen LogP contribution >= 0.6 is 0 Å². The summed E-state index contributed by atoms with van der Waals surface area (Å²) >= 11 is 0. The predicted octanol–water partition coefficient (Wildman–Crippen LogP) is 2.02. The molecule has 1 aromatic carbocycles. The Morgan fingerprint density at radius 3 is 2.33 bits per heavy atom. The van der Waals surface area contributed by atoms with Gasteiger partial charge in [0, 0.05) is 5.56 Å². The number of carboxylic acids is 2. The lowest BCUT2D eigenvalue weighted by molar-refractivity contribution is -0.0514. The van der Waals surface area contributed by atoms with E-state index in [4.69, 9.17) is 10.5 Å². The van der Waals surface area contributed by atoms with Crippen molar-refractivity contribution in [2.45, 2.75) is 13.5 Å². The summed E-state index contributed by atoms with van der Waals surface area (Å²) < 4.78 is 34.5. The van der Waals surface area contributed by atoms with Crippen molar-refractivity contribution in [1.29, 1.82) is 0 Å². The van der Waals surface area contributed by atoms with Gasteiger partial charge in [0.1, 0.15) is 16.9 Å². The largest absolute Gasteiger partial charge is 0.490 e. The van der Waals surface area contributed by atoms with Gasteiger partial charge < -0.3 is 30.4 Å². The molecule has 0 spiro atoms. The SMILES string of the molecule is CCOc1cc(-c2c(C(=O)O)c(N)[nH]c(=O)c2C(=O)O)ccc1OC(F)F. The van der Waals surface area contributed by atoms with E-state index in [1.807, 2.05) is 4.98 Å². The molecule has 0 aliphatic heterocycles. The van der Waals surface area contributed by atoms with E-state index in [1.165, 1.54) is 0 Å². The summed E-state index contributed by atoms with van der Waals surface area (Å²) in [6, 6.07) is 3.25. The Kier molecular flexibility index (Phi) is 5.63. The number of anilines is 1. The smallest absolute Gasteiger partial charge is 0.387 e. The quantitative estimate of drug-likeness (QED) is 0.566. The number of pyridine rings is 1. The standard InChI is InChI=1S/C16H14F2N2O7/c1-2-26-8-5-6(3-4-7(8)27-16(17)18)9-10(14(22)23)12(19)20-13(21)11(9)15(24)25/h3-5,16H,2H2,1H3,(H,22,23)(H,24,25)(H3,19,20,21). The summed E-state index contributed by atoms with van der Waals surface area (Å²) in [5.74, 6) is -4.38. The molecule has 2 aromatic rings. The first-order valence-corrected chi connectivity index (χ1v) is 7.41. The Hall–Kier alpha value is -3.63. The molecule has 0 saturated heterocycles. The third-order valence-corrected chi connectivity index (χ3v) is 3.42. The monoisotopic (exact) mass is 384 g/mol. The number of hydrogen-bond acceptors (Lipinski definition) is 6. The minimum Gasteiger partial charge on any atom is -0.490 e. The second-order valence-electron chi connectivity index (χ2n) is 5.08. The fourth-order valence-electron chi connectivity index (χ4n) is 2.46. The van der Waals surface area contributed by atoms with Crippen LogP contribution in [0.1, 0.15) is 27.6 Å². The van der Waals surface area contributed by atoms with Gasteiger partial charge in [-0.15, -0.1) is 0 Å². The molecular weight excluding hydrogens is 370 g/mol. The van der Waals surface area contributed by atoms with Crippen molar-refractivity contribution in [3.8, 4) is 22.6 Å². The van der Waals surface area contributed by atoms with Gasteiger partial charge in [-0.1, -0.05) is 6.07 Å². The third-order valence-electron chi connectivity index (χ3n) is 3.42. The Balaban J connectivity index is 2.84. The Labute approximate surface area is 150 Å². The summed E-state index contributed by atoms with van der Waals surface area (Å²) in [5, 5.41) is 18.7. The molecule has 0 aliphatic rings. The molecule has 1 heterocycles. The predicted molar refractivity (Wildman–Crippen MR) is 88.6 cm³/mol. The number of aromatic amines is 1. The lowest BCUT2D eigenvalue weighted by Crippen LogP contribution is -2.24. The van der Waals surface area contributed by atoms with E-state index in [0.29, 0.717) is 0 Å². The molecule has 0 unspecified atom stereocenters. The Morgan fingerprint density at radius 1 is 1.19 bits per heavy atom. The van der Waals surface area contributed by atoms with Crippen molar-refractivity contribution in [1.82, 2.24) is 4.98 Å². The Morgan fingerprint density at radius 2 is 1.81 bits per heavy atom. The van der Waals surface area contributed by atoms with Crippen LogP contribution in [-0.4, -0.2) is 40.4 Å². The van der Waals surface area contributed by atoms with E-state index in [1.54, 1.807) is 6.92 Å². The molecule has 0 radical (unpaired) electrons. The second kappa shape index (κ2) is 7.72. The minimum absolute atomic E-state index is 0.0537. The number of aromatic carboxylic acids is 2. The van der Waals surface area contributed by atoms with Crippen LogP contribution in [0, 0.1) is 0 Å². The number of carboxylic acid groups (broad SMARTS) is 2. The molecule has 1 aromatic heterocycles. The van der Waals surface area contributed by atoms with Gasteiger partial charge in [-0.2, -0.15) is 8.78 Å². The van der Waals surface area contributed by atoms with Crippen LogP contribution in [0.5, 0.6) is 11.5 Å². The summed E-state index contributed by atoms with van der Waals surface area (Å²) in [5.41, 5.74) is 2.32. The highest BCUT2D eigenvalue weighted by Gasteiger charge is 2.27. The van der Waals surface area contributed by atoms with Crippen LogP contribution in [0.15, 0.2) is 23.0 Å². The van der Waals surface area contributed by atoms with Gasteiger partial charge in [-0.3, -0.25) is 4.79 Å². The van der Waals surface area contributed by atoms with Crippen molar-refractivity contribution < 1.29 is 38.1 Å². The minimum atomic E-state index is -3.14. The molecule has 27 heavy (non-hydrogen) atoms. The zero-order valence-electron chi connectivity index (χ0n) is 13.8. The highest BCUT2D eigenvalue weighted by molar-refractivity contribution is 6.07. The number of rotatable bonds is 7. The van der Waals surface area contributed by atoms with E-state index in [-0.39, 0.29) is 23.7 Å². The van der Waals surface area contributed by atoms with E-state index in [2.05, 4.69) is 4.74 Å². The third kappa shape index (κ3) is 3.97. The van der Waals surface area contributed by atoms with Gasteiger partial charge in [0.2, 0.25) is 0 Å². The Bertz CT molecular complexity index is 957. The normalized spacial score (nSPS) is 10.7. The summed E-state index contributed by atoms with van der Waals surface area (Å²) in [7, 11) is 0. The number of alkyl halides is 2. The molecule has 0 amide bonds. The van der Waals surface area contributed by atoms with Crippen LogP contribution in [0.4, 0.5) is 14.6 Å². The molecule has 144 valence electrons. The summed E-state index contributed by atoms with van der Waals surface area (Å²) in [6.07, 6.45) is 0. The molecule has 9 nitrogen and oxygen atoms in total. The maximum atomic E-state index is 12.5. The van der Waals surface area contributed by atoms with Crippen molar-refractivity contribution >= 4 is 17.8 Å². The number of halogens is 2. The fourth-order valence-corrected chi connectivity index (χ4v) is 2.46. The number of nitrogens with one attached hydrogen (secondary N) is 1. The number of nitrogen functional groups attached to an aromatic ring is 1. The van der Waals surface area contributed by atoms with Gasteiger partial charge >= 0.3 is 18.6 Å².